The van der Waals surface area contributed by atoms with Gasteiger partial charge in [-0.15, -0.1) is 0 Å². The molecule has 0 fully saturated rings. The highest BCUT2D eigenvalue weighted by molar-refractivity contribution is 5.94. The van der Waals surface area contributed by atoms with Crippen molar-refractivity contribution >= 4 is 11.9 Å². The second-order valence-corrected chi connectivity index (χ2v) is 5.14. The lowest BCUT2D eigenvalue weighted by molar-refractivity contribution is -0.137. The molecule has 0 aliphatic rings. The molecule has 0 saturated heterocycles. The van der Waals surface area contributed by atoms with Crippen molar-refractivity contribution in [3.63, 3.8) is 0 Å². The van der Waals surface area contributed by atoms with Gasteiger partial charge in [0.05, 0.1) is 6.42 Å². The second kappa shape index (κ2) is 5.77. The Morgan fingerprint density at radius 3 is 2.53 bits per heavy atom. The van der Waals surface area contributed by atoms with Gasteiger partial charge >= 0.3 is 5.97 Å². The summed E-state index contributed by atoms with van der Waals surface area (Å²) >= 11 is 0. The molecule has 19 heavy (non-hydrogen) atoms. The predicted octanol–water partition coefficient (Wildman–Crippen LogP) is 1.94. The number of carboxylic acids is 1. The standard InChI is InChI=1S/C13H17FN2O3/c1-13(2,3)16(7-5-11(17)18)12(19)9-4-6-15-10(14)8-9/h4,6,8H,5,7H2,1-3H3,(H,17,18). The third-order valence-electron chi connectivity index (χ3n) is 2.58. The van der Waals surface area contributed by atoms with Gasteiger partial charge in [0.2, 0.25) is 5.95 Å². The first-order valence-electron chi connectivity index (χ1n) is 5.87. The van der Waals surface area contributed by atoms with Crippen molar-refractivity contribution in [1.29, 1.82) is 0 Å². The Kier molecular flexibility index (Phi) is 4.58. The molecular weight excluding hydrogens is 251 g/mol. The number of carboxylic acid groups (broad SMARTS) is 1. The summed E-state index contributed by atoms with van der Waals surface area (Å²) in [7, 11) is 0. The molecule has 1 N–H and O–H groups in total. The van der Waals surface area contributed by atoms with Crippen LogP contribution in [0.2, 0.25) is 0 Å². The lowest BCUT2D eigenvalue weighted by Crippen LogP contribution is -2.46. The summed E-state index contributed by atoms with van der Waals surface area (Å²) in [5, 5.41) is 8.72. The second-order valence-electron chi connectivity index (χ2n) is 5.14. The predicted molar refractivity (Wildman–Crippen MR) is 67.2 cm³/mol. The first kappa shape index (κ1) is 15.1. The van der Waals surface area contributed by atoms with E-state index in [2.05, 4.69) is 4.98 Å². The fraction of sp³-hybridized carbons (Fsp3) is 0.462. The van der Waals surface area contributed by atoms with Gasteiger partial charge in [-0.1, -0.05) is 0 Å². The number of hydrogen-bond acceptors (Lipinski definition) is 3. The average molecular weight is 268 g/mol. The number of carbonyl (C=O) groups is 2. The molecule has 1 aromatic heterocycles. The van der Waals surface area contributed by atoms with E-state index in [1.54, 1.807) is 20.8 Å². The maximum Gasteiger partial charge on any atom is 0.305 e. The number of carbonyl (C=O) groups excluding carboxylic acids is 1. The number of nitrogens with zero attached hydrogens (tertiary/aromatic N) is 2. The Morgan fingerprint density at radius 1 is 1.42 bits per heavy atom. The normalized spacial score (nSPS) is 11.2. The van der Waals surface area contributed by atoms with E-state index in [1.807, 2.05) is 0 Å². The average Bonchev–Trinajstić information content (AvgIpc) is 2.26. The van der Waals surface area contributed by atoms with Crippen LogP contribution >= 0.6 is 0 Å². The number of amides is 1. The molecule has 0 atom stereocenters. The smallest absolute Gasteiger partial charge is 0.305 e. The molecule has 0 unspecified atom stereocenters. The van der Waals surface area contributed by atoms with Crippen LogP contribution in [-0.2, 0) is 4.79 Å². The largest absolute Gasteiger partial charge is 0.481 e. The summed E-state index contributed by atoms with van der Waals surface area (Å²) < 4.78 is 13.0. The van der Waals surface area contributed by atoms with Gasteiger partial charge in [0.25, 0.3) is 5.91 Å². The van der Waals surface area contributed by atoms with Gasteiger partial charge in [-0.3, -0.25) is 9.59 Å². The van der Waals surface area contributed by atoms with Gasteiger partial charge in [0, 0.05) is 29.9 Å². The highest BCUT2D eigenvalue weighted by atomic mass is 19.1. The minimum absolute atomic E-state index is 0.0710. The van der Waals surface area contributed by atoms with Crippen LogP contribution in [0.4, 0.5) is 4.39 Å². The van der Waals surface area contributed by atoms with Crippen LogP contribution in [0, 0.1) is 5.95 Å². The van der Waals surface area contributed by atoms with Gasteiger partial charge in [0.1, 0.15) is 0 Å². The van der Waals surface area contributed by atoms with Crippen molar-refractivity contribution in [2.75, 3.05) is 6.54 Å². The zero-order chi connectivity index (χ0) is 14.6. The van der Waals surface area contributed by atoms with Crippen LogP contribution in [0.1, 0.15) is 37.6 Å². The summed E-state index contributed by atoms with van der Waals surface area (Å²) in [6.45, 7) is 5.46. The third-order valence-corrected chi connectivity index (χ3v) is 2.58. The number of aliphatic carboxylic acids is 1. The van der Waals surface area contributed by atoms with E-state index in [4.69, 9.17) is 5.11 Å². The minimum Gasteiger partial charge on any atom is -0.481 e. The lowest BCUT2D eigenvalue weighted by atomic mass is 10.0. The Labute approximate surface area is 111 Å². The van der Waals surface area contributed by atoms with Crippen molar-refractivity contribution in [2.45, 2.75) is 32.7 Å². The number of rotatable bonds is 4. The van der Waals surface area contributed by atoms with E-state index >= 15 is 0 Å². The first-order valence-corrected chi connectivity index (χ1v) is 5.87. The Morgan fingerprint density at radius 2 is 2.05 bits per heavy atom. The van der Waals surface area contributed by atoms with Gasteiger partial charge in [-0.2, -0.15) is 4.39 Å². The van der Waals surface area contributed by atoms with Crippen molar-refractivity contribution in [2.24, 2.45) is 0 Å². The van der Waals surface area contributed by atoms with E-state index < -0.39 is 23.4 Å². The van der Waals surface area contributed by atoms with Crippen LogP contribution in [0.3, 0.4) is 0 Å². The lowest BCUT2D eigenvalue weighted by Gasteiger charge is -2.35. The summed E-state index contributed by atoms with van der Waals surface area (Å²) in [4.78, 5) is 27.7. The Hall–Kier alpha value is -1.98. The molecule has 5 nitrogen and oxygen atoms in total. The van der Waals surface area contributed by atoms with E-state index in [0.29, 0.717) is 0 Å². The molecular formula is C13H17FN2O3. The third kappa shape index (κ3) is 4.31. The van der Waals surface area contributed by atoms with Crippen LogP contribution in [0.15, 0.2) is 18.3 Å². The van der Waals surface area contributed by atoms with Crippen molar-refractivity contribution in [1.82, 2.24) is 9.88 Å². The monoisotopic (exact) mass is 268 g/mol. The molecule has 0 aliphatic carbocycles. The first-order chi connectivity index (χ1) is 8.71. The van der Waals surface area contributed by atoms with Gasteiger partial charge in [0.15, 0.2) is 0 Å². The molecule has 6 heteroatoms. The Balaban J connectivity index is 2.97. The maximum atomic E-state index is 13.0. The van der Waals surface area contributed by atoms with Gasteiger partial charge in [-0.05, 0) is 26.8 Å². The van der Waals surface area contributed by atoms with E-state index in [-0.39, 0.29) is 18.5 Å². The van der Waals surface area contributed by atoms with Crippen molar-refractivity contribution in [3.05, 3.63) is 29.8 Å². The van der Waals surface area contributed by atoms with Crippen LogP contribution in [0.25, 0.3) is 0 Å². The number of halogens is 1. The zero-order valence-electron chi connectivity index (χ0n) is 11.2. The van der Waals surface area contributed by atoms with Crippen molar-refractivity contribution < 1.29 is 19.1 Å². The highest BCUT2D eigenvalue weighted by Gasteiger charge is 2.27. The Bertz CT molecular complexity index is 483. The van der Waals surface area contributed by atoms with Crippen molar-refractivity contribution in [3.8, 4) is 0 Å². The number of aromatic nitrogens is 1. The van der Waals surface area contributed by atoms with Crippen LogP contribution < -0.4 is 0 Å². The molecule has 0 spiro atoms. The molecule has 1 amide bonds. The quantitative estimate of drug-likeness (QED) is 0.847. The summed E-state index contributed by atoms with van der Waals surface area (Å²) in [5.41, 5.74) is -0.389. The molecule has 1 aromatic rings. The molecule has 0 aliphatic heterocycles. The molecule has 0 saturated carbocycles. The topological polar surface area (TPSA) is 70.5 Å². The molecule has 104 valence electrons. The molecule has 1 heterocycles. The molecule has 0 bridgehead atoms. The maximum absolute atomic E-state index is 13.0. The highest BCUT2D eigenvalue weighted by Crippen LogP contribution is 2.18. The minimum atomic E-state index is -0.983. The molecule has 0 radical (unpaired) electrons. The van der Waals surface area contributed by atoms with E-state index in [1.165, 1.54) is 17.2 Å². The van der Waals surface area contributed by atoms with Crippen LogP contribution in [0.5, 0.6) is 0 Å². The summed E-state index contributed by atoms with van der Waals surface area (Å²) in [6.07, 6.45) is 1.05. The number of pyridine rings is 1. The fourth-order valence-corrected chi connectivity index (χ4v) is 1.64. The molecule has 0 aromatic carbocycles. The van der Waals surface area contributed by atoms with Gasteiger partial charge < -0.3 is 10.0 Å². The van der Waals surface area contributed by atoms with Gasteiger partial charge in [-0.25, -0.2) is 4.98 Å². The number of hydrogen-bond donors (Lipinski definition) is 1. The van der Waals surface area contributed by atoms with E-state index in [0.717, 1.165) is 6.07 Å². The SMILES string of the molecule is CC(C)(C)N(CCC(=O)O)C(=O)c1ccnc(F)c1. The summed E-state index contributed by atoms with van der Waals surface area (Å²) in [5.74, 6) is -2.13. The summed E-state index contributed by atoms with van der Waals surface area (Å²) in [6, 6.07) is 2.45. The van der Waals surface area contributed by atoms with E-state index in [9.17, 15) is 14.0 Å². The zero-order valence-corrected chi connectivity index (χ0v) is 11.2. The van der Waals surface area contributed by atoms with Crippen LogP contribution in [-0.4, -0.2) is 39.0 Å². The fourth-order valence-electron chi connectivity index (χ4n) is 1.64. The molecule has 1 rings (SSSR count).